The van der Waals surface area contributed by atoms with Crippen molar-refractivity contribution in [2.45, 2.75) is 33.1 Å². The lowest BCUT2D eigenvalue weighted by Crippen LogP contribution is -2.16. The zero-order chi connectivity index (χ0) is 15.2. The highest BCUT2D eigenvalue weighted by molar-refractivity contribution is 5.95. The summed E-state index contributed by atoms with van der Waals surface area (Å²) in [6.07, 6.45) is 2.61. The molecule has 1 fully saturated rings. The van der Waals surface area contributed by atoms with Crippen molar-refractivity contribution in [3.63, 3.8) is 0 Å². The van der Waals surface area contributed by atoms with E-state index in [2.05, 4.69) is 16.0 Å². The van der Waals surface area contributed by atoms with E-state index in [-0.39, 0.29) is 11.8 Å². The number of anilines is 2. The minimum absolute atomic E-state index is 0.0324. The first-order valence-corrected chi connectivity index (χ1v) is 7.44. The summed E-state index contributed by atoms with van der Waals surface area (Å²) in [5.74, 6) is 0.530. The van der Waals surface area contributed by atoms with E-state index in [1.165, 1.54) is 6.92 Å². The van der Waals surface area contributed by atoms with E-state index in [0.29, 0.717) is 12.3 Å². The van der Waals surface area contributed by atoms with Crippen LogP contribution in [-0.4, -0.2) is 24.9 Å². The average molecular weight is 289 g/mol. The molecular formula is C16H23N3O2. The lowest BCUT2D eigenvalue weighted by Gasteiger charge is -2.13. The number of benzene rings is 1. The molecule has 2 rings (SSSR count). The van der Waals surface area contributed by atoms with Crippen molar-refractivity contribution in [1.82, 2.24) is 5.32 Å². The van der Waals surface area contributed by atoms with Gasteiger partial charge in [0.25, 0.3) is 0 Å². The third-order valence-electron chi connectivity index (χ3n) is 3.86. The van der Waals surface area contributed by atoms with Crippen LogP contribution >= 0.6 is 0 Å². The van der Waals surface area contributed by atoms with Crippen LogP contribution in [0.2, 0.25) is 0 Å². The van der Waals surface area contributed by atoms with Crippen molar-refractivity contribution in [1.29, 1.82) is 0 Å². The Kier molecular flexibility index (Phi) is 5.33. The maximum absolute atomic E-state index is 12.0. The van der Waals surface area contributed by atoms with Gasteiger partial charge in [-0.25, -0.2) is 0 Å². The van der Waals surface area contributed by atoms with Gasteiger partial charge in [-0.2, -0.15) is 0 Å². The summed E-state index contributed by atoms with van der Waals surface area (Å²) < 4.78 is 0. The van der Waals surface area contributed by atoms with Crippen LogP contribution in [0.5, 0.6) is 0 Å². The lowest BCUT2D eigenvalue weighted by molar-refractivity contribution is -0.116. The van der Waals surface area contributed by atoms with Crippen LogP contribution < -0.4 is 16.0 Å². The summed E-state index contributed by atoms with van der Waals surface area (Å²) in [6.45, 7) is 5.44. The van der Waals surface area contributed by atoms with Crippen molar-refractivity contribution in [2.24, 2.45) is 5.92 Å². The van der Waals surface area contributed by atoms with Crippen LogP contribution in [0, 0.1) is 12.8 Å². The van der Waals surface area contributed by atoms with Crippen LogP contribution in [0.4, 0.5) is 11.4 Å². The predicted molar refractivity (Wildman–Crippen MR) is 84.3 cm³/mol. The number of carbonyl (C=O) groups excluding carboxylic acids is 2. The lowest BCUT2D eigenvalue weighted by atomic mass is 10.0. The first kappa shape index (κ1) is 15.5. The van der Waals surface area contributed by atoms with Gasteiger partial charge in [0.05, 0.1) is 0 Å². The summed E-state index contributed by atoms with van der Waals surface area (Å²) >= 11 is 0. The number of amides is 2. The topological polar surface area (TPSA) is 70.2 Å². The molecule has 3 N–H and O–H groups in total. The fourth-order valence-corrected chi connectivity index (χ4v) is 2.60. The van der Waals surface area contributed by atoms with Gasteiger partial charge in [-0.05, 0) is 56.5 Å². The van der Waals surface area contributed by atoms with Gasteiger partial charge >= 0.3 is 0 Å². The molecule has 0 aromatic heterocycles. The quantitative estimate of drug-likeness (QED) is 0.779. The third-order valence-corrected chi connectivity index (χ3v) is 3.86. The van der Waals surface area contributed by atoms with Crippen LogP contribution in [0.1, 0.15) is 31.7 Å². The molecule has 5 heteroatoms. The van der Waals surface area contributed by atoms with Crippen molar-refractivity contribution < 1.29 is 9.59 Å². The zero-order valence-electron chi connectivity index (χ0n) is 12.7. The number of nitrogens with one attached hydrogen (secondary N) is 3. The van der Waals surface area contributed by atoms with Gasteiger partial charge in [-0.1, -0.05) is 6.07 Å². The Morgan fingerprint density at radius 1 is 1.29 bits per heavy atom. The number of carbonyl (C=O) groups is 2. The van der Waals surface area contributed by atoms with Gasteiger partial charge in [0, 0.05) is 24.7 Å². The van der Waals surface area contributed by atoms with Crippen molar-refractivity contribution in [2.75, 3.05) is 23.7 Å². The average Bonchev–Trinajstić information content (AvgIpc) is 2.94. The molecule has 1 aliphatic heterocycles. The molecule has 21 heavy (non-hydrogen) atoms. The summed E-state index contributed by atoms with van der Waals surface area (Å²) in [7, 11) is 0. The Balaban J connectivity index is 1.92. The van der Waals surface area contributed by atoms with E-state index in [1.54, 1.807) is 0 Å². The Hall–Kier alpha value is -1.88. The Bertz CT molecular complexity index is 522. The minimum atomic E-state index is -0.115. The van der Waals surface area contributed by atoms with Crippen LogP contribution in [0.15, 0.2) is 18.2 Å². The molecule has 1 aromatic carbocycles. The summed E-state index contributed by atoms with van der Waals surface area (Å²) in [6, 6.07) is 5.51. The molecule has 2 amide bonds. The monoisotopic (exact) mass is 289 g/mol. The van der Waals surface area contributed by atoms with Gasteiger partial charge in [0.15, 0.2) is 0 Å². The number of hydrogen-bond donors (Lipinski definition) is 3. The Labute approximate surface area is 125 Å². The van der Waals surface area contributed by atoms with Gasteiger partial charge in [-0.15, -0.1) is 0 Å². The predicted octanol–water partition coefficient (Wildman–Crippen LogP) is 2.28. The fourth-order valence-electron chi connectivity index (χ4n) is 2.60. The molecule has 0 aliphatic carbocycles. The van der Waals surface area contributed by atoms with Gasteiger partial charge in [-0.3, -0.25) is 9.59 Å². The molecule has 1 unspecified atom stereocenters. The smallest absolute Gasteiger partial charge is 0.224 e. The van der Waals surface area contributed by atoms with Crippen molar-refractivity contribution in [3.8, 4) is 0 Å². The highest BCUT2D eigenvalue weighted by Gasteiger charge is 2.16. The zero-order valence-corrected chi connectivity index (χ0v) is 12.7. The van der Waals surface area contributed by atoms with Crippen LogP contribution in [0.3, 0.4) is 0 Å². The Morgan fingerprint density at radius 3 is 2.62 bits per heavy atom. The SMILES string of the molecule is CC(=O)Nc1cccc(NC(=O)CCC2CCNC2)c1C. The van der Waals surface area contributed by atoms with Gasteiger partial charge in [0.2, 0.25) is 11.8 Å². The third kappa shape index (κ3) is 4.56. The summed E-state index contributed by atoms with van der Waals surface area (Å²) in [5.41, 5.74) is 2.37. The highest BCUT2D eigenvalue weighted by atomic mass is 16.2. The van der Waals surface area contributed by atoms with E-state index in [1.807, 2.05) is 25.1 Å². The maximum Gasteiger partial charge on any atom is 0.224 e. The second kappa shape index (κ2) is 7.22. The molecular weight excluding hydrogens is 266 g/mol. The molecule has 0 saturated carbocycles. The maximum atomic E-state index is 12.0. The molecule has 1 heterocycles. The van der Waals surface area contributed by atoms with Gasteiger partial charge < -0.3 is 16.0 Å². The Morgan fingerprint density at radius 2 is 2.00 bits per heavy atom. The molecule has 0 radical (unpaired) electrons. The van der Waals surface area contributed by atoms with E-state index in [9.17, 15) is 9.59 Å². The number of rotatable bonds is 5. The molecule has 0 bridgehead atoms. The van der Waals surface area contributed by atoms with E-state index in [4.69, 9.17) is 0 Å². The second-order valence-corrected chi connectivity index (χ2v) is 5.60. The van der Waals surface area contributed by atoms with Crippen LogP contribution in [0.25, 0.3) is 0 Å². The molecule has 0 spiro atoms. The minimum Gasteiger partial charge on any atom is -0.326 e. The largest absolute Gasteiger partial charge is 0.326 e. The molecule has 1 atom stereocenters. The van der Waals surface area contributed by atoms with Gasteiger partial charge in [0.1, 0.15) is 0 Å². The number of hydrogen-bond acceptors (Lipinski definition) is 3. The van der Waals surface area contributed by atoms with Crippen molar-refractivity contribution >= 4 is 23.2 Å². The fraction of sp³-hybridized carbons (Fsp3) is 0.500. The molecule has 5 nitrogen and oxygen atoms in total. The molecule has 114 valence electrons. The normalized spacial score (nSPS) is 17.5. The van der Waals surface area contributed by atoms with E-state index in [0.717, 1.165) is 42.9 Å². The van der Waals surface area contributed by atoms with Crippen molar-refractivity contribution in [3.05, 3.63) is 23.8 Å². The molecule has 1 aromatic rings. The van der Waals surface area contributed by atoms with Crippen LogP contribution in [-0.2, 0) is 9.59 Å². The van der Waals surface area contributed by atoms with E-state index < -0.39 is 0 Å². The summed E-state index contributed by atoms with van der Waals surface area (Å²) in [5, 5.41) is 9.01. The molecule has 1 aliphatic rings. The first-order valence-electron chi connectivity index (χ1n) is 7.44. The summed E-state index contributed by atoms with van der Waals surface area (Å²) in [4.78, 5) is 23.2. The highest BCUT2D eigenvalue weighted by Crippen LogP contribution is 2.24. The van der Waals surface area contributed by atoms with E-state index >= 15 is 0 Å². The first-order chi connectivity index (χ1) is 10.1. The second-order valence-electron chi connectivity index (χ2n) is 5.60. The molecule has 1 saturated heterocycles. The standard InChI is InChI=1S/C16H23N3O2/c1-11-14(18-12(2)20)4-3-5-15(11)19-16(21)7-6-13-8-9-17-10-13/h3-5,13,17H,6-10H2,1-2H3,(H,18,20)(H,19,21).